The van der Waals surface area contributed by atoms with Crippen LogP contribution in [-0.2, 0) is 21.9 Å². The summed E-state index contributed by atoms with van der Waals surface area (Å²) < 4.78 is 30.5. The molecule has 1 aromatic carbocycles. The molecular formula is C21H24N4O4S2. The van der Waals surface area contributed by atoms with E-state index in [1.165, 1.54) is 8.99 Å². The quantitative estimate of drug-likeness (QED) is 0.633. The van der Waals surface area contributed by atoms with Crippen molar-refractivity contribution in [2.24, 2.45) is 13.0 Å². The van der Waals surface area contributed by atoms with Crippen molar-refractivity contribution >= 4 is 33.0 Å². The Morgan fingerprint density at radius 2 is 1.90 bits per heavy atom. The molecule has 31 heavy (non-hydrogen) atoms. The van der Waals surface area contributed by atoms with E-state index in [-0.39, 0.29) is 27.9 Å². The molecule has 1 aliphatic heterocycles. The van der Waals surface area contributed by atoms with E-state index >= 15 is 0 Å². The Balaban J connectivity index is 1.56. The topological polar surface area (TPSA) is 93.4 Å². The van der Waals surface area contributed by atoms with Crippen LogP contribution in [0.3, 0.4) is 0 Å². The summed E-state index contributed by atoms with van der Waals surface area (Å²) in [6.45, 7) is 2.25. The fourth-order valence-electron chi connectivity index (χ4n) is 3.85. The highest BCUT2D eigenvalue weighted by Gasteiger charge is 2.34. The van der Waals surface area contributed by atoms with Crippen molar-refractivity contribution in [1.82, 2.24) is 13.7 Å². The molecule has 1 amide bonds. The highest BCUT2D eigenvalue weighted by atomic mass is 32.2. The second-order valence-corrected chi connectivity index (χ2v) is 10.7. The van der Waals surface area contributed by atoms with Gasteiger partial charge in [0, 0.05) is 20.1 Å². The SMILES string of the molecule is Cc1c(NC(=O)C2CCCN(S(=O)(=O)c3cccs3)C2)c(=O)n(-c2ccccc2)n1C. The van der Waals surface area contributed by atoms with Crippen molar-refractivity contribution in [1.29, 1.82) is 0 Å². The molecule has 0 bridgehead atoms. The van der Waals surface area contributed by atoms with Gasteiger partial charge in [-0.3, -0.25) is 14.3 Å². The largest absolute Gasteiger partial charge is 0.320 e. The number of hydrogen-bond acceptors (Lipinski definition) is 5. The Hall–Kier alpha value is -2.69. The number of sulfonamides is 1. The Morgan fingerprint density at radius 3 is 2.58 bits per heavy atom. The Labute approximate surface area is 184 Å². The zero-order chi connectivity index (χ0) is 22.2. The number of thiophene rings is 1. The number of carbonyl (C=O) groups excluding carboxylic acids is 1. The summed E-state index contributed by atoms with van der Waals surface area (Å²) >= 11 is 1.16. The first-order chi connectivity index (χ1) is 14.8. The van der Waals surface area contributed by atoms with E-state index in [2.05, 4.69) is 5.32 Å². The molecule has 1 N–H and O–H groups in total. The summed E-state index contributed by atoms with van der Waals surface area (Å²) in [6.07, 6.45) is 1.16. The van der Waals surface area contributed by atoms with Crippen LogP contribution in [0.5, 0.6) is 0 Å². The van der Waals surface area contributed by atoms with Crippen LogP contribution in [0.15, 0.2) is 56.8 Å². The third kappa shape index (κ3) is 3.98. The Kier molecular flexibility index (Phi) is 5.87. The van der Waals surface area contributed by atoms with Crippen molar-refractivity contribution in [2.45, 2.75) is 24.0 Å². The number of hydrogen-bond donors (Lipinski definition) is 1. The first-order valence-electron chi connectivity index (χ1n) is 9.99. The zero-order valence-corrected chi connectivity index (χ0v) is 18.9. The smallest absolute Gasteiger partial charge is 0.295 e. The van der Waals surface area contributed by atoms with Crippen LogP contribution in [0, 0.1) is 12.8 Å². The average molecular weight is 461 g/mol. The van der Waals surface area contributed by atoms with E-state index in [1.54, 1.807) is 36.2 Å². The second-order valence-electron chi connectivity index (χ2n) is 7.56. The molecule has 2 aromatic heterocycles. The molecular weight excluding hydrogens is 436 g/mol. The normalized spacial score (nSPS) is 17.5. The van der Waals surface area contributed by atoms with Gasteiger partial charge in [0.05, 0.1) is 17.3 Å². The molecule has 0 aliphatic carbocycles. The third-order valence-corrected chi connectivity index (χ3v) is 8.88. The number of piperidine rings is 1. The minimum absolute atomic E-state index is 0.102. The number of aromatic nitrogens is 2. The maximum absolute atomic E-state index is 13.0. The van der Waals surface area contributed by atoms with Gasteiger partial charge in [-0.15, -0.1) is 11.3 Å². The van der Waals surface area contributed by atoms with Crippen LogP contribution in [0.4, 0.5) is 5.69 Å². The molecule has 3 heterocycles. The lowest BCUT2D eigenvalue weighted by molar-refractivity contribution is -0.120. The predicted molar refractivity (Wildman–Crippen MR) is 120 cm³/mol. The lowest BCUT2D eigenvalue weighted by Crippen LogP contribution is -2.43. The number of nitrogens with zero attached hydrogens (tertiary/aromatic N) is 3. The van der Waals surface area contributed by atoms with E-state index in [1.807, 2.05) is 30.3 Å². The van der Waals surface area contributed by atoms with Gasteiger partial charge < -0.3 is 5.32 Å². The minimum atomic E-state index is -3.61. The summed E-state index contributed by atoms with van der Waals surface area (Å²) in [6, 6.07) is 12.5. The van der Waals surface area contributed by atoms with Crippen LogP contribution in [0.25, 0.3) is 5.69 Å². The van der Waals surface area contributed by atoms with E-state index < -0.39 is 15.9 Å². The maximum Gasteiger partial charge on any atom is 0.295 e. The Morgan fingerprint density at radius 1 is 1.16 bits per heavy atom. The van der Waals surface area contributed by atoms with Gasteiger partial charge >= 0.3 is 0 Å². The zero-order valence-electron chi connectivity index (χ0n) is 17.3. The molecule has 1 atom stereocenters. The van der Waals surface area contributed by atoms with Crippen molar-refractivity contribution in [2.75, 3.05) is 18.4 Å². The number of benzene rings is 1. The van der Waals surface area contributed by atoms with Crippen LogP contribution in [0.2, 0.25) is 0 Å². The van der Waals surface area contributed by atoms with Gasteiger partial charge in [-0.2, -0.15) is 4.31 Å². The molecule has 8 nitrogen and oxygen atoms in total. The van der Waals surface area contributed by atoms with Crippen LogP contribution >= 0.6 is 11.3 Å². The average Bonchev–Trinajstić information content (AvgIpc) is 3.39. The number of anilines is 1. The van der Waals surface area contributed by atoms with Crippen LogP contribution in [0.1, 0.15) is 18.5 Å². The number of rotatable bonds is 5. The van der Waals surface area contributed by atoms with E-state index in [9.17, 15) is 18.0 Å². The molecule has 10 heteroatoms. The maximum atomic E-state index is 13.0. The molecule has 4 rings (SSSR count). The van der Waals surface area contributed by atoms with Gasteiger partial charge in [-0.05, 0) is 43.3 Å². The van der Waals surface area contributed by atoms with Gasteiger partial charge in [-0.1, -0.05) is 24.3 Å². The van der Waals surface area contributed by atoms with Crippen molar-refractivity contribution in [3.63, 3.8) is 0 Å². The van der Waals surface area contributed by atoms with E-state index in [4.69, 9.17) is 0 Å². The number of carbonyl (C=O) groups is 1. The van der Waals surface area contributed by atoms with Crippen molar-refractivity contribution < 1.29 is 13.2 Å². The Bertz CT molecular complexity index is 1240. The summed E-state index contributed by atoms with van der Waals surface area (Å²) in [5, 5.41) is 4.49. The molecule has 1 unspecified atom stereocenters. The highest BCUT2D eigenvalue weighted by Crippen LogP contribution is 2.27. The fraction of sp³-hybridized carbons (Fsp3) is 0.333. The third-order valence-electron chi connectivity index (χ3n) is 5.65. The molecule has 1 saturated heterocycles. The second kappa shape index (κ2) is 8.45. The molecule has 0 saturated carbocycles. The lowest BCUT2D eigenvalue weighted by Gasteiger charge is -2.30. The number of nitrogens with one attached hydrogen (secondary N) is 1. The lowest BCUT2D eigenvalue weighted by atomic mass is 9.99. The molecule has 1 aliphatic rings. The van der Waals surface area contributed by atoms with Gasteiger partial charge in [-0.25, -0.2) is 13.1 Å². The first-order valence-corrected chi connectivity index (χ1v) is 12.3. The molecule has 3 aromatic rings. The highest BCUT2D eigenvalue weighted by molar-refractivity contribution is 7.91. The number of amides is 1. The van der Waals surface area contributed by atoms with Gasteiger partial charge in [0.1, 0.15) is 9.90 Å². The minimum Gasteiger partial charge on any atom is -0.320 e. The predicted octanol–water partition coefficient (Wildman–Crippen LogP) is 2.59. The number of para-hydroxylation sites is 1. The fourth-order valence-corrected chi connectivity index (χ4v) is 6.52. The standard InChI is InChI=1S/C21H24N4O4S2/c1-15-19(21(27)25(23(15)2)17-9-4-3-5-10-17)22-20(26)16-8-6-12-24(14-16)31(28,29)18-11-7-13-30-18/h3-5,7,9-11,13,16H,6,8,12,14H2,1-2H3,(H,22,26). The van der Waals surface area contributed by atoms with E-state index in [0.29, 0.717) is 30.8 Å². The van der Waals surface area contributed by atoms with Gasteiger partial charge in [0.2, 0.25) is 5.91 Å². The van der Waals surface area contributed by atoms with Crippen molar-refractivity contribution in [3.05, 3.63) is 63.9 Å². The van der Waals surface area contributed by atoms with Crippen LogP contribution < -0.4 is 10.9 Å². The summed E-state index contributed by atoms with van der Waals surface area (Å²) in [4.78, 5) is 26.0. The molecule has 164 valence electrons. The van der Waals surface area contributed by atoms with E-state index in [0.717, 1.165) is 11.3 Å². The first kappa shape index (κ1) is 21.5. The summed E-state index contributed by atoms with van der Waals surface area (Å²) in [5.41, 5.74) is 1.22. The van der Waals surface area contributed by atoms with Gasteiger partial charge in [0.25, 0.3) is 15.6 Å². The van der Waals surface area contributed by atoms with Crippen molar-refractivity contribution in [3.8, 4) is 5.69 Å². The monoisotopic (exact) mass is 460 g/mol. The molecule has 0 radical (unpaired) electrons. The summed E-state index contributed by atoms with van der Waals surface area (Å²) in [5.74, 6) is -0.857. The molecule has 1 fully saturated rings. The van der Waals surface area contributed by atoms with Crippen LogP contribution in [-0.4, -0.2) is 41.1 Å². The molecule has 0 spiro atoms. The summed E-state index contributed by atoms with van der Waals surface area (Å²) in [7, 11) is -1.85. The van der Waals surface area contributed by atoms with Gasteiger partial charge in [0.15, 0.2) is 0 Å².